The molecule has 1 N–H and O–H groups in total. The molecule has 25 heavy (non-hydrogen) atoms. The molecule has 4 nitrogen and oxygen atoms in total. The quantitative estimate of drug-likeness (QED) is 0.520. The van der Waals surface area contributed by atoms with Gasteiger partial charge in [-0.05, 0) is 44.0 Å². The van der Waals surface area contributed by atoms with Gasteiger partial charge in [-0.1, -0.05) is 31.5 Å². The summed E-state index contributed by atoms with van der Waals surface area (Å²) >= 11 is 6.53. The molecule has 0 saturated heterocycles. The van der Waals surface area contributed by atoms with Crippen molar-refractivity contribution in [2.45, 2.75) is 33.6 Å². The van der Waals surface area contributed by atoms with Crippen LogP contribution in [0, 0.1) is 5.41 Å². The number of aromatic nitrogens is 1. The van der Waals surface area contributed by atoms with Crippen molar-refractivity contribution in [3.8, 4) is 11.3 Å². The minimum absolute atomic E-state index is 0.471. The molecule has 1 aromatic carbocycles. The van der Waals surface area contributed by atoms with Crippen LogP contribution >= 0.6 is 11.6 Å². The van der Waals surface area contributed by atoms with Crippen LogP contribution in [0.4, 0.5) is 5.69 Å². The van der Waals surface area contributed by atoms with Gasteiger partial charge < -0.3 is 4.90 Å². The number of hydrogen-bond donors (Lipinski definition) is 1. The summed E-state index contributed by atoms with van der Waals surface area (Å²) in [5.41, 5.74) is 3.13. The summed E-state index contributed by atoms with van der Waals surface area (Å²) in [5, 5.41) is 9.25. The number of pyridine rings is 1. The van der Waals surface area contributed by atoms with Gasteiger partial charge in [0.1, 0.15) is 5.84 Å². The highest BCUT2D eigenvalue weighted by Crippen LogP contribution is 2.34. The summed E-state index contributed by atoms with van der Waals surface area (Å²) in [5.74, 6) is 0.471. The lowest BCUT2D eigenvalue weighted by Crippen LogP contribution is -2.32. The minimum Gasteiger partial charge on any atom is -0.357 e. The van der Waals surface area contributed by atoms with Gasteiger partial charge >= 0.3 is 0 Å². The fraction of sp³-hybridized carbons (Fsp3) is 0.350. The molecule has 1 heterocycles. The zero-order chi connectivity index (χ0) is 18.2. The third-order valence-corrected chi connectivity index (χ3v) is 4.17. The zero-order valence-electron chi connectivity index (χ0n) is 15.1. The maximum atomic E-state index is 8.66. The van der Waals surface area contributed by atoms with Gasteiger partial charge in [0.05, 0.1) is 16.4 Å². The van der Waals surface area contributed by atoms with Gasteiger partial charge in [-0.15, -0.1) is 0 Å². The summed E-state index contributed by atoms with van der Waals surface area (Å²) in [6, 6.07) is 9.49. The van der Waals surface area contributed by atoms with E-state index in [9.17, 15) is 0 Å². The molecule has 5 heteroatoms. The van der Waals surface area contributed by atoms with Crippen LogP contribution in [0.5, 0.6) is 0 Å². The molecule has 0 atom stereocenters. The summed E-state index contributed by atoms with van der Waals surface area (Å²) in [7, 11) is 0. The van der Waals surface area contributed by atoms with Crippen LogP contribution in [0.25, 0.3) is 11.3 Å². The third kappa shape index (κ3) is 4.67. The highest BCUT2D eigenvalue weighted by Gasteiger charge is 2.17. The predicted molar refractivity (Wildman–Crippen MR) is 107 cm³/mol. The largest absolute Gasteiger partial charge is 0.357 e. The van der Waals surface area contributed by atoms with E-state index >= 15 is 0 Å². The molecule has 1 aromatic heterocycles. The van der Waals surface area contributed by atoms with E-state index in [1.54, 1.807) is 12.4 Å². The Balaban J connectivity index is 2.51. The first-order valence-corrected chi connectivity index (χ1v) is 9.07. The molecule has 0 radical (unpaired) electrons. The summed E-state index contributed by atoms with van der Waals surface area (Å²) < 4.78 is 0. The second-order valence-corrected chi connectivity index (χ2v) is 6.19. The summed E-state index contributed by atoms with van der Waals surface area (Å²) in [6.07, 6.45) is 5.48. The number of hydrogen-bond acceptors (Lipinski definition) is 3. The Hall–Kier alpha value is -2.20. The smallest absolute Gasteiger partial charge is 0.130 e. The van der Waals surface area contributed by atoms with Gasteiger partial charge in [-0.3, -0.25) is 15.4 Å². The average Bonchev–Trinajstić information content (AvgIpc) is 2.63. The Bertz CT molecular complexity index is 735. The van der Waals surface area contributed by atoms with Crippen LogP contribution in [0.15, 0.2) is 41.5 Å². The van der Waals surface area contributed by atoms with E-state index in [1.165, 1.54) is 0 Å². The molecular weight excluding hydrogens is 332 g/mol. The number of halogens is 1. The van der Waals surface area contributed by atoms with Gasteiger partial charge in [-0.2, -0.15) is 0 Å². The zero-order valence-corrected chi connectivity index (χ0v) is 15.8. The lowest BCUT2D eigenvalue weighted by molar-refractivity contribution is 0.415. The summed E-state index contributed by atoms with van der Waals surface area (Å²) in [6.45, 7) is 7.82. The molecule has 0 spiro atoms. The highest BCUT2D eigenvalue weighted by molar-refractivity contribution is 6.34. The minimum atomic E-state index is 0.471. The Morgan fingerprint density at radius 2 is 1.96 bits per heavy atom. The predicted octanol–water partition coefficient (Wildman–Crippen LogP) is 5.57. The van der Waals surface area contributed by atoms with Gasteiger partial charge in [0, 0.05) is 36.6 Å². The van der Waals surface area contributed by atoms with E-state index < -0.39 is 0 Å². The molecule has 0 aliphatic carbocycles. The third-order valence-electron chi connectivity index (χ3n) is 3.85. The second kappa shape index (κ2) is 9.33. The number of benzene rings is 1. The van der Waals surface area contributed by atoms with Gasteiger partial charge in [0.25, 0.3) is 0 Å². The van der Waals surface area contributed by atoms with Gasteiger partial charge in [0.2, 0.25) is 0 Å². The van der Waals surface area contributed by atoms with E-state index in [2.05, 4.69) is 28.7 Å². The van der Waals surface area contributed by atoms with Crippen LogP contribution < -0.4 is 0 Å². The maximum absolute atomic E-state index is 8.66. The van der Waals surface area contributed by atoms with Crippen LogP contribution in [0.1, 0.15) is 39.2 Å². The number of rotatable bonds is 7. The van der Waals surface area contributed by atoms with Crippen molar-refractivity contribution >= 4 is 29.3 Å². The number of nitrogens with zero attached hydrogens (tertiary/aromatic N) is 3. The molecule has 0 fully saturated rings. The molecule has 2 rings (SSSR count). The molecular formula is C20H25ClN4. The standard InChI is InChI=1S/C20H25ClN4/c1-4-11-25(12-5-2)20(22)16-13-17(21)15(14-19(16)23-6-3)18-9-7-8-10-24-18/h6-10,13-14,22H,4-5,11-12H2,1-3H3. The van der Waals surface area contributed by atoms with Crippen molar-refractivity contribution in [2.24, 2.45) is 4.99 Å². The van der Waals surface area contributed by atoms with Crippen molar-refractivity contribution in [1.29, 1.82) is 5.41 Å². The molecule has 0 aliphatic rings. The van der Waals surface area contributed by atoms with E-state index in [1.807, 2.05) is 37.3 Å². The Morgan fingerprint density at radius 3 is 2.52 bits per heavy atom. The number of amidine groups is 1. The van der Waals surface area contributed by atoms with Crippen molar-refractivity contribution in [1.82, 2.24) is 9.88 Å². The second-order valence-electron chi connectivity index (χ2n) is 5.79. The first-order valence-electron chi connectivity index (χ1n) is 8.69. The monoisotopic (exact) mass is 356 g/mol. The molecule has 132 valence electrons. The van der Waals surface area contributed by atoms with E-state index in [-0.39, 0.29) is 0 Å². The topological polar surface area (TPSA) is 52.3 Å². The van der Waals surface area contributed by atoms with Crippen molar-refractivity contribution in [2.75, 3.05) is 13.1 Å². The SMILES string of the molecule is CC=Nc1cc(-c2ccccn2)c(Cl)cc1C(=N)N(CCC)CCC. The molecule has 0 bridgehead atoms. The van der Waals surface area contributed by atoms with E-state index in [4.69, 9.17) is 17.0 Å². The highest BCUT2D eigenvalue weighted by atomic mass is 35.5. The van der Waals surface area contributed by atoms with Gasteiger partial charge in [-0.25, -0.2) is 0 Å². The maximum Gasteiger partial charge on any atom is 0.130 e. The first-order chi connectivity index (χ1) is 12.1. The molecule has 0 saturated carbocycles. The van der Waals surface area contributed by atoms with Crippen LogP contribution in [-0.4, -0.2) is 35.0 Å². The Morgan fingerprint density at radius 1 is 1.24 bits per heavy atom. The van der Waals surface area contributed by atoms with Crippen molar-refractivity contribution < 1.29 is 0 Å². The van der Waals surface area contributed by atoms with E-state index in [0.717, 1.165) is 48.4 Å². The molecule has 0 aliphatic heterocycles. The Labute approximate surface area is 155 Å². The van der Waals surface area contributed by atoms with E-state index in [0.29, 0.717) is 10.9 Å². The van der Waals surface area contributed by atoms with Crippen LogP contribution in [0.2, 0.25) is 5.02 Å². The van der Waals surface area contributed by atoms with Crippen LogP contribution in [0.3, 0.4) is 0 Å². The van der Waals surface area contributed by atoms with Crippen molar-refractivity contribution in [3.05, 3.63) is 47.1 Å². The number of aliphatic imine (C=N–C) groups is 1. The number of nitrogens with one attached hydrogen (secondary N) is 1. The van der Waals surface area contributed by atoms with Crippen LogP contribution in [-0.2, 0) is 0 Å². The lowest BCUT2D eigenvalue weighted by Gasteiger charge is -2.25. The molecule has 0 amide bonds. The fourth-order valence-corrected chi connectivity index (χ4v) is 3.02. The van der Waals surface area contributed by atoms with Gasteiger partial charge in [0.15, 0.2) is 0 Å². The normalized spacial score (nSPS) is 11.0. The molecule has 0 unspecified atom stereocenters. The fourth-order valence-electron chi connectivity index (χ4n) is 2.76. The summed E-state index contributed by atoms with van der Waals surface area (Å²) in [4.78, 5) is 10.9. The first kappa shape index (κ1) is 19.1. The average molecular weight is 357 g/mol. The Kier molecular flexibility index (Phi) is 7.14. The lowest BCUT2D eigenvalue weighted by atomic mass is 10.0. The van der Waals surface area contributed by atoms with Crippen molar-refractivity contribution in [3.63, 3.8) is 0 Å². The molecule has 2 aromatic rings.